The number of hydrogen-bond acceptors (Lipinski definition) is 3. The summed E-state index contributed by atoms with van der Waals surface area (Å²) >= 11 is 0. The molecule has 9 rings (SSSR count). The molecule has 0 radical (unpaired) electrons. The maximum absolute atomic E-state index is 6.53. The van der Waals surface area contributed by atoms with Gasteiger partial charge in [0.1, 0.15) is 11.5 Å². The minimum Gasteiger partial charge on any atom is -0.457 e. The molecule has 0 atom stereocenters. The summed E-state index contributed by atoms with van der Waals surface area (Å²) in [6, 6.07) is 43.2. The highest BCUT2D eigenvalue weighted by Gasteiger charge is 2.42. The number of unbranched alkanes of at least 4 members (excludes halogenated alkanes) is 2. The minimum absolute atomic E-state index is 0.0605. The number of pyridine rings is 1. The molecule has 0 saturated heterocycles. The van der Waals surface area contributed by atoms with Gasteiger partial charge in [-0.05, 0) is 89.2 Å². The molecule has 0 amide bonds. The van der Waals surface area contributed by atoms with Crippen molar-refractivity contribution in [3.05, 3.63) is 157 Å². The van der Waals surface area contributed by atoms with Gasteiger partial charge in [-0.3, -0.25) is 4.98 Å². The van der Waals surface area contributed by atoms with Crippen molar-refractivity contribution in [2.45, 2.75) is 57.8 Å². The quantitative estimate of drug-likeness (QED) is 0.137. The molecule has 5 nitrogen and oxygen atoms in total. The van der Waals surface area contributed by atoms with Crippen LogP contribution in [0.2, 0.25) is 0 Å². The third-order valence-electron chi connectivity index (χ3n) is 11.0. The van der Waals surface area contributed by atoms with Crippen LogP contribution in [0.5, 0.6) is 11.5 Å². The van der Waals surface area contributed by atoms with Gasteiger partial charge in [0.25, 0.3) is 0 Å². The van der Waals surface area contributed by atoms with Gasteiger partial charge in [-0.2, -0.15) is 5.10 Å². The lowest BCUT2D eigenvalue weighted by molar-refractivity contribution is 0.414. The van der Waals surface area contributed by atoms with Crippen LogP contribution in [-0.2, 0) is 5.41 Å². The van der Waals surface area contributed by atoms with Crippen LogP contribution in [-0.4, -0.2) is 19.3 Å². The molecule has 0 spiro atoms. The lowest BCUT2D eigenvalue weighted by Gasteiger charge is -2.33. The zero-order chi connectivity index (χ0) is 35.1. The average Bonchev–Trinajstić information content (AvgIpc) is 3.89. The van der Waals surface area contributed by atoms with Gasteiger partial charge in [0.2, 0.25) is 0 Å². The standard InChI is InChI=1S/C47H42N4O/c1-3-5-24-47(25-6-4-2)43-18-9-7-16-39(43)40-22-20-33(27-44(40)47)34-30-49-50(32-34)35-13-11-15-37(28-35)52-38-21-23-42-41-17-8-10-19-45(41)51(46(42)29-38)36-14-12-26-48-31-36/h7-23,26-32H,3-6,24-25H2,1-2H3. The molecule has 0 N–H and O–H groups in total. The van der Waals surface area contributed by atoms with Crippen LogP contribution in [0, 0.1) is 0 Å². The fraction of sp³-hybridized carbons (Fsp3) is 0.191. The normalized spacial score (nSPS) is 13.0. The summed E-state index contributed by atoms with van der Waals surface area (Å²) in [6.45, 7) is 4.62. The molecule has 0 saturated carbocycles. The fourth-order valence-electron chi connectivity index (χ4n) is 8.47. The van der Waals surface area contributed by atoms with E-state index in [1.165, 1.54) is 77.1 Å². The smallest absolute Gasteiger partial charge is 0.129 e. The van der Waals surface area contributed by atoms with E-state index in [2.05, 4.69) is 127 Å². The van der Waals surface area contributed by atoms with E-state index in [1.807, 2.05) is 41.3 Å². The zero-order valence-electron chi connectivity index (χ0n) is 29.8. The van der Waals surface area contributed by atoms with Crippen molar-refractivity contribution in [2.24, 2.45) is 0 Å². The topological polar surface area (TPSA) is 44.9 Å². The van der Waals surface area contributed by atoms with Crippen LogP contribution in [0.1, 0.15) is 63.5 Å². The van der Waals surface area contributed by atoms with Crippen molar-refractivity contribution in [2.75, 3.05) is 0 Å². The van der Waals surface area contributed by atoms with Crippen LogP contribution >= 0.6 is 0 Å². The van der Waals surface area contributed by atoms with Gasteiger partial charge in [-0.1, -0.05) is 100 Å². The van der Waals surface area contributed by atoms with Gasteiger partial charge in [0, 0.05) is 46.3 Å². The SMILES string of the molecule is CCCCC1(CCCC)c2ccccc2-c2ccc(-c3cnn(-c4cccc(Oc5ccc6c7ccccc7n(-c7cccnc7)c6c5)c4)c3)cc21. The molecule has 0 fully saturated rings. The molecule has 3 aromatic heterocycles. The molecule has 1 aliphatic carbocycles. The summed E-state index contributed by atoms with van der Waals surface area (Å²) in [4.78, 5) is 4.39. The molecule has 52 heavy (non-hydrogen) atoms. The van der Waals surface area contributed by atoms with Gasteiger partial charge in [-0.25, -0.2) is 4.68 Å². The monoisotopic (exact) mass is 678 g/mol. The zero-order valence-corrected chi connectivity index (χ0v) is 29.8. The lowest BCUT2D eigenvalue weighted by atomic mass is 9.70. The number of hydrogen-bond donors (Lipinski definition) is 0. The second-order valence-electron chi connectivity index (χ2n) is 14.1. The van der Waals surface area contributed by atoms with Gasteiger partial charge in [0.05, 0.1) is 34.8 Å². The van der Waals surface area contributed by atoms with Crippen LogP contribution in [0.25, 0.3) is 55.4 Å². The van der Waals surface area contributed by atoms with E-state index in [9.17, 15) is 0 Å². The van der Waals surface area contributed by atoms with E-state index in [-0.39, 0.29) is 5.41 Å². The lowest BCUT2D eigenvalue weighted by Crippen LogP contribution is -2.25. The highest BCUT2D eigenvalue weighted by Crippen LogP contribution is 2.54. The van der Waals surface area contributed by atoms with Crippen LogP contribution in [0.4, 0.5) is 0 Å². The molecular weight excluding hydrogens is 637 g/mol. The van der Waals surface area contributed by atoms with E-state index < -0.39 is 0 Å². The molecule has 8 aromatic rings. The first kappa shape index (κ1) is 32.0. The Morgan fingerprint density at radius 3 is 2.21 bits per heavy atom. The molecule has 5 heteroatoms. The average molecular weight is 679 g/mol. The number of nitrogens with zero attached hydrogens (tertiary/aromatic N) is 4. The minimum atomic E-state index is 0.0605. The first-order valence-electron chi connectivity index (χ1n) is 18.7. The van der Waals surface area contributed by atoms with Crippen molar-refractivity contribution < 1.29 is 4.74 Å². The second kappa shape index (κ2) is 13.3. The van der Waals surface area contributed by atoms with Crippen molar-refractivity contribution in [3.8, 4) is 45.1 Å². The third-order valence-corrected chi connectivity index (χ3v) is 11.0. The van der Waals surface area contributed by atoms with Crippen LogP contribution in [0.3, 0.4) is 0 Å². The molecule has 0 aliphatic heterocycles. The summed E-state index contributed by atoms with van der Waals surface area (Å²) in [7, 11) is 0. The van der Waals surface area contributed by atoms with E-state index in [4.69, 9.17) is 9.84 Å². The van der Waals surface area contributed by atoms with Crippen molar-refractivity contribution in [1.82, 2.24) is 19.3 Å². The number of para-hydroxylation sites is 1. The first-order valence-corrected chi connectivity index (χ1v) is 18.7. The Kier molecular flexibility index (Phi) is 8.19. The predicted octanol–water partition coefficient (Wildman–Crippen LogP) is 12.5. The molecular formula is C47H42N4O. The third kappa shape index (κ3) is 5.39. The molecule has 256 valence electrons. The number of fused-ring (bicyclic) bond motifs is 6. The Bertz CT molecular complexity index is 2540. The van der Waals surface area contributed by atoms with Crippen LogP contribution < -0.4 is 4.74 Å². The predicted molar refractivity (Wildman–Crippen MR) is 213 cm³/mol. The summed E-state index contributed by atoms with van der Waals surface area (Å²) in [5.41, 5.74) is 12.3. The Morgan fingerprint density at radius 1 is 0.596 bits per heavy atom. The highest BCUT2D eigenvalue weighted by molar-refractivity contribution is 6.09. The van der Waals surface area contributed by atoms with Gasteiger partial charge < -0.3 is 9.30 Å². The molecule has 0 bridgehead atoms. The van der Waals surface area contributed by atoms with E-state index >= 15 is 0 Å². The van der Waals surface area contributed by atoms with Gasteiger partial charge >= 0.3 is 0 Å². The molecule has 5 aromatic carbocycles. The van der Waals surface area contributed by atoms with E-state index in [0.29, 0.717) is 0 Å². The summed E-state index contributed by atoms with van der Waals surface area (Å²) < 4.78 is 10.7. The molecule has 1 aliphatic rings. The summed E-state index contributed by atoms with van der Waals surface area (Å²) in [6.07, 6.45) is 15.0. The van der Waals surface area contributed by atoms with Gasteiger partial charge in [0.15, 0.2) is 0 Å². The second-order valence-corrected chi connectivity index (χ2v) is 14.1. The van der Waals surface area contributed by atoms with E-state index in [0.717, 1.165) is 39.5 Å². The number of aromatic nitrogens is 4. The number of benzene rings is 5. The van der Waals surface area contributed by atoms with Crippen molar-refractivity contribution in [3.63, 3.8) is 0 Å². The Labute approximate surface area is 305 Å². The highest BCUT2D eigenvalue weighted by atomic mass is 16.5. The molecule has 0 unspecified atom stereocenters. The Hall–Kier alpha value is -5.94. The summed E-state index contributed by atoms with van der Waals surface area (Å²) in [5, 5.41) is 7.21. The summed E-state index contributed by atoms with van der Waals surface area (Å²) in [5.74, 6) is 1.53. The molecule has 3 heterocycles. The number of rotatable bonds is 11. The van der Waals surface area contributed by atoms with Crippen LogP contribution in [0.15, 0.2) is 146 Å². The largest absolute Gasteiger partial charge is 0.457 e. The maximum atomic E-state index is 6.53. The van der Waals surface area contributed by atoms with Gasteiger partial charge in [-0.15, -0.1) is 0 Å². The van der Waals surface area contributed by atoms with Crippen molar-refractivity contribution >= 4 is 21.8 Å². The number of ether oxygens (including phenoxy) is 1. The van der Waals surface area contributed by atoms with E-state index in [1.54, 1.807) is 6.20 Å². The first-order chi connectivity index (χ1) is 25.7. The Morgan fingerprint density at radius 2 is 1.37 bits per heavy atom. The van der Waals surface area contributed by atoms with Crippen molar-refractivity contribution in [1.29, 1.82) is 0 Å². The fourth-order valence-corrected chi connectivity index (χ4v) is 8.47. The maximum Gasteiger partial charge on any atom is 0.129 e. The Balaban J connectivity index is 1.03.